The van der Waals surface area contributed by atoms with Crippen LogP contribution in [0, 0.1) is 0 Å². The quantitative estimate of drug-likeness (QED) is 0.557. The van der Waals surface area contributed by atoms with Crippen molar-refractivity contribution in [3.63, 3.8) is 0 Å². The van der Waals surface area contributed by atoms with Crippen LogP contribution in [0.3, 0.4) is 0 Å². The highest BCUT2D eigenvalue weighted by atomic mass is 16.6. The SMILES string of the molecule is COc1ccc(C(C(=O)O)N(C(=O)OCC2c3ccccc3-c3ccccc32)C(C)C)cn1. The average Bonchev–Trinajstić information content (AvgIpc) is 3.14. The van der Waals surface area contributed by atoms with Crippen LogP contribution in [0.25, 0.3) is 11.1 Å². The highest BCUT2D eigenvalue weighted by Crippen LogP contribution is 2.44. The minimum atomic E-state index is -1.24. The van der Waals surface area contributed by atoms with E-state index < -0.39 is 24.1 Å². The van der Waals surface area contributed by atoms with Gasteiger partial charge in [-0.15, -0.1) is 0 Å². The molecule has 1 heterocycles. The molecule has 0 radical (unpaired) electrons. The van der Waals surface area contributed by atoms with Gasteiger partial charge in [-0.1, -0.05) is 48.5 Å². The molecule has 1 amide bonds. The van der Waals surface area contributed by atoms with Gasteiger partial charge < -0.3 is 14.6 Å². The number of carboxylic acid groups (broad SMARTS) is 1. The molecule has 4 rings (SSSR count). The number of fused-ring (bicyclic) bond motifs is 3. The molecule has 2 aromatic carbocycles. The van der Waals surface area contributed by atoms with Crippen LogP contribution in [0.2, 0.25) is 0 Å². The van der Waals surface area contributed by atoms with Crippen molar-refractivity contribution in [2.45, 2.75) is 31.8 Å². The van der Waals surface area contributed by atoms with E-state index in [-0.39, 0.29) is 12.5 Å². The maximum absolute atomic E-state index is 13.2. The van der Waals surface area contributed by atoms with Gasteiger partial charge in [-0.2, -0.15) is 0 Å². The predicted molar refractivity (Wildman–Crippen MR) is 123 cm³/mol. The second-order valence-electron chi connectivity index (χ2n) is 8.18. The first kappa shape index (κ1) is 22.3. The first-order chi connectivity index (χ1) is 15.9. The van der Waals surface area contributed by atoms with Crippen LogP contribution in [-0.4, -0.2) is 46.8 Å². The number of ether oxygens (including phenoxy) is 2. The molecule has 170 valence electrons. The van der Waals surface area contributed by atoms with Crippen molar-refractivity contribution < 1.29 is 24.2 Å². The number of carbonyl (C=O) groups is 2. The molecule has 7 heteroatoms. The zero-order valence-corrected chi connectivity index (χ0v) is 18.8. The second-order valence-corrected chi connectivity index (χ2v) is 8.18. The average molecular weight is 447 g/mol. The Kier molecular flexibility index (Phi) is 6.31. The molecule has 1 unspecified atom stereocenters. The number of aliphatic carboxylic acids is 1. The van der Waals surface area contributed by atoms with Crippen LogP contribution in [0.1, 0.15) is 42.5 Å². The van der Waals surface area contributed by atoms with Gasteiger partial charge >= 0.3 is 12.1 Å². The number of carbonyl (C=O) groups excluding carboxylic acids is 1. The summed E-state index contributed by atoms with van der Waals surface area (Å²) >= 11 is 0. The van der Waals surface area contributed by atoms with Gasteiger partial charge in [0.25, 0.3) is 0 Å². The maximum Gasteiger partial charge on any atom is 0.411 e. The molecule has 7 nitrogen and oxygen atoms in total. The van der Waals surface area contributed by atoms with Crippen molar-refractivity contribution >= 4 is 12.1 Å². The smallest absolute Gasteiger partial charge is 0.411 e. The minimum absolute atomic E-state index is 0.110. The number of benzene rings is 2. The summed E-state index contributed by atoms with van der Waals surface area (Å²) in [6.45, 7) is 3.63. The number of carboxylic acids is 1. The molecule has 0 saturated heterocycles. The fourth-order valence-electron chi connectivity index (χ4n) is 4.38. The van der Waals surface area contributed by atoms with Crippen molar-refractivity contribution in [2.24, 2.45) is 0 Å². The van der Waals surface area contributed by atoms with Crippen LogP contribution in [0.4, 0.5) is 4.79 Å². The molecule has 1 aromatic heterocycles. The summed E-state index contributed by atoms with van der Waals surface area (Å²) in [7, 11) is 1.48. The fourth-order valence-corrected chi connectivity index (χ4v) is 4.38. The predicted octanol–water partition coefficient (Wildman–Crippen LogP) is 4.88. The largest absolute Gasteiger partial charge is 0.481 e. The van der Waals surface area contributed by atoms with Gasteiger partial charge in [0, 0.05) is 29.8 Å². The molecular formula is C26H26N2O5. The van der Waals surface area contributed by atoms with Crippen molar-refractivity contribution in [1.29, 1.82) is 0 Å². The fraction of sp³-hybridized carbons (Fsp3) is 0.269. The molecule has 1 aliphatic rings. The molecule has 33 heavy (non-hydrogen) atoms. The molecule has 1 atom stereocenters. The van der Waals surface area contributed by atoms with Crippen LogP contribution >= 0.6 is 0 Å². The highest BCUT2D eigenvalue weighted by Gasteiger charge is 2.36. The standard InChI is InChI=1S/C26H26N2O5/c1-16(2)28(24(25(29)30)17-12-13-23(32-3)27-14-17)26(31)33-15-22-20-10-6-4-8-18(20)19-9-5-7-11-21(19)22/h4-14,16,22,24H,15H2,1-3H3,(H,29,30). The Labute approximate surface area is 192 Å². The van der Waals surface area contributed by atoms with E-state index in [1.807, 2.05) is 36.4 Å². The topological polar surface area (TPSA) is 89.0 Å². The molecule has 0 spiro atoms. The Bertz CT molecular complexity index is 1110. The Morgan fingerprint density at radius 2 is 1.61 bits per heavy atom. The van der Waals surface area contributed by atoms with E-state index in [1.54, 1.807) is 26.0 Å². The zero-order valence-electron chi connectivity index (χ0n) is 18.8. The Morgan fingerprint density at radius 3 is 2.09 bits per heavy atom. The van der Waals surface area contributed by atoms with Crippen molar-refractivity contribution in [1.82, 2.24) is 9.88 Å². The van der Waals surface area contributed by atoms with Crippen molar-refractivity contribution in [3.8, 4) is 17.0 Å². The summed E-state index contributed by atoms with van der Waals surface area (Å²) in [6, 6.07) is 17.6. The number of amides is 1. The van der Waals surface area contributed by atoms with E-state index in [4.69, 9.17) is 9.47 Å². The summed E-state index contributed by atoms with van der Waals surface area (Å²) in [4.78, 5) is 30.7. The van der Waals surface area contributed by atoms with E-state index in [2.05, 4.69) is 17.1 Å². The lowest BCUT2D eigenvalue weighted by atomic mass is 9.98. The molecule has 1 N–H and O–H groups in total. The summed E-state index contributed by atoms with van der Waals surface area (Å²) in [5.41, 5.74) is 4.81. The summed E-state index contributed by atoms with van der Waals surface area (Å²) < 4.78 is 10.8. The van der Waals surface area contributed by atoms with E-state index in [0.29, 0.717) is 11.4 Å². The Balaban J connectivity index is 1.58. The molecule has 0 fully saturated rings. The van der Waals surface area contributed by atoms with Gasteiger partial charge in [0.1, 0.15) is 6.61 Å². The summed E-state index contributed by atoms with van der Waals surface area (Å²) in [5.74, 6) is -0.911. The number of aromatic nitrogens is 1. The Morgan fingerprint density at radius 1 is 1.00 bits per heavy atom. The highest BCUT2D eigenvalue weighted by molar-refractivity contribution is 5.82. The first-order valence-electron chi connectivity index (χ1n) is 10.8. The lowest BCUT2D eigenvalue weighted by Crippen LogP contribution is -2.44. The summed E-state index contributed by atoms with van der Waals surface area (Å²) in [6.07, 6.45) is 0.721. The lowest BCUT2D eigenvalue weighted by molar-refractivity contribution is -0.143. The van der Waals surface area contributed by atoms with E-state index in [9.17, 15) is 14.7 Å². The molecule has 3 aromatic rings. The van der Waals surface area contributed by atoms with Gasteiger partial charge in [-0.3, -0.25) is 4.90 Å². The Hall–Kier alpha value is -3.87. The number of methoxy groups -OCH3 is 1. The molecule has 0 bridgehead atoms. The number of rotatable bonds is 7. The first-order valence-corrected chi connectivity index (χ1v) is 10.8. The van der Waals surface area contributed by atoms with Crippen molar-refractivity contribution in [3.05, 3.63) is 83.6 Å². The normalized spacial score (nSPS) is 13.2. The van der Waals surface area contributed by atoms with Crippen LogP contribution < -0.4 is 4.74 Å². The van der Waals surface area contributed by atoms with Crippen LogP contribution in [0.5, 0.6) is 5.88 Å². The van der Waals surface area contributed by atoms with Gasteiger partial charge in [-0.25, -0.2) is 14.6 Å². The van der Waals surface area contributed by atoms with Gasteiger partial charge in [0.15, 0.2) is 6.04 Å². The lowest BCUT2D eigenvalue weighted by Gasteiger charge is -2.32. The maximum atomic E-state index is 13.2. The molecular weight excluding hydrogens is 420 g/mol. The van der Waals surface area contributed by atoms with Gasteiger partial charge in [-0.05, 0) is 42.2 Å². The van der Waals surface area contributed by atoms with Crippen LogP contribution in [-0.2, 0) is 9.53 Å². The van der Waals surface area contributed by atoms with Gasteiger partial charge in [0.05, 0.1) is 7.11 Å². The second kappa shape index (κ2) is 9.32. The number of hydrogen-bond acceptors (Lipinski definition) is 5. The molecule has 1 aliphatic carbocycles. The summed E-state index contributed by atoms with van der Waals surface area (Å²) in [5, 5.41) is 9.95. The third-order valence-electron chi connectivity index (χ3n) is 5.90. The third-order valence-corrected chi connectivity index (χ3v) is 5.90. The van der Waals surface area contributed by atoms with E-state index >= 15 is 0 Å². The van der Waals surface area contributed by atoms with Gasteiger partial charge in [0.2, 0.25) is 5.88 Å². The van der Waals surface area contributed by atoms with E-state index in [1.165, 1.54) is 18.2 Å². The minimum Gasteiger partial charge on any atom is -0.481 e. The number of nitrogens with zero attached hydrogens (tertiary/aromatic N) is 2. The monoisotopic (exact) mass is 446 g/mol. The van der Waals surface area contributed by atoms with Crippen molar-refractivity contribution in [2.75, 3.05) is 13.7 Å². The van der Waals surface area contributed by atoms with Crippen LogP contribution in [0.15, 0.2) is 66.9 Å². The zero-order chi connectivity index (χ0) is 23.5. The number of pyridine rings is 1. The number of hydrogen-bond donors (Lipinski definition) is 1. The van der Waals surface area contributed by atoms with E-state index in [0.717, 1.165) is 22.3 Å². The molecule has 0 saturated carbocycles. The molecule has 0 aliphatic heterocycles. The third kappa shape index (κ3) is 4.26.